The van der Waals surface area contributed by atoms with Gasteiger partial charge in [-0.2, -0.15) is 0 Å². The number of hydrogen-bond donors (Lipinski definition) is 1. The molecule has 1 atom stereocenters. The second-order valence-electron chi connectivity index (χ2n) is 3.69. The van der Waals surface area contributed by atoms with E-state index in [4.69, 9.17) is 10.5 Å². The van der Waals surface area contributed by atoms with Crippen LogP contribution in [0.1, 0.15) is 18.5 Å². The Hall–Kier alpha value is -0.970. The first kappa shape index (κ1) is 12.5. The fourth-order valence-electron chi connectivity index (χ4n) is 1.67. The van der Waals surface area contributed by atoms with Crippen molar-refractivity contribution in [2.45, 2.75) is 22.1 Å². The molecule has 17 heavy (non-hydrogen) atoms. The number of thiophene rings is 1. The minimum atomic E-state index is -0.0337. The maximum absolute atomic E-state index is 6.03. The summed E-state index contributed by atoms with van der Waals surface area (Å²) in [4.78, 5) is 1.17. The third-order valence-electron chi connectivity index (χ3n) is 2.41. The summed E-state index contributed by atoms with van der Waals surface area (Å²) in [5.74, 6) is 0.863. The molecule has 2 rings (SSSR count). The van der Waals surface area contributed by atoms with Crippen molar-refractivity contribution in [2.75, 3.05) is 7.11 Å². The largest absolute Gasteiger partial charge is 0.496 e. The molecule has 0 unspecified atom stereocenters. The van der Waals surface area contributed by atoms with Crippen LogP contribution in [0.5, 0.6) is 5.75 Å². The molecule has 0 aliphatic carbocycles. The number of ether oxygens (including phenoxy) is 1. The molecule has 0 radical (unpaired) electrons. The van der Waals surface area contributed by atoms with E-state index in [2.05, 4.69) is 23.6 Å². The predicted octanol–water partition coefficient (Wildman–Crippen LogP) is 3.93. The first-order valence-corrected chi connectivity index (χ1v) is 7.06. The quantitative estimate of drug-likeness (QED) is 0.909. The number of nitrogens with two attached hydrogens (primary N) is 1. The van der Waals surface area contributed by atoms with Crippen molar-refractivity contribution in [3.8, 4) is 5.75 Å². The molecule has 1 aromatic carbocycles. The zero-order valence-corrected chi connectivity index (χ0v) is 11.5. The van der Waals surface area contributed by atoms with E-state index in [1.54, 1.807) is 30.2 Å². The molecular weight excluding hydrogens is 250 g/mol. The second-order valence-corrected chi connectivity index (χ2v) is 5.98. The lowest BCUT2D eigenvalue weighted by atomic mass is 10.1. The predicted molar refractivity (Wildman–Crippen MR) is 74.0 cm³/mol. The number of rotatable bonds is 4. The van der Waals surface area contributed by atoms with Crippen molar-refractivity contribution in [3.63, 3.8) is 0 Å². The van der Waals surface area contributed by atoms with Gasteiger partial charge >= 0.3 is 0 Å². The molecule has 0 amide bonds. The Labute approximate surface area is 110 Å². The van der Waals surface area contributed by atoms with Crippen LogP contribution in [0.25, 0.3) is 0 Å². The van der Waals surface area contributed by atoms with Crippen molar-refractivity contribution in [2.24, 2.45) is 5.73 Å². The van der Waals surface area contributed by atoms with Gasteiger partial charge in [0.25, 0.3) is 0 Å². The van der Waals surface area contributed by atoms with Gasteiger partial charge in [-0.25, -0.2) is 0 Å². The third-order valence-corrected chi connectivity index (χ3v) is 4.52. The van der Waals surface area contributed by atoms with E-state index in [0.29, 0.717) is 0 Å². The molecule has 4 heteroatoms. The van der Waals surface area contributed by atoms with Crippen LogP contribution in [0.4, 0.5) is 0 Å². The zero-order valence-electron chi connectivity index (χ0n) is 9.84. The molecule has 1 heterocycles. The molecular formula is C13H15NOS2. The number of methoxy groups -OCH3 is 1. The van der Waals surface area contributed by atoms with Gasteiger partial charge in [-0.3, -0.25) is 0 Å². The van der Waals surface area contributed by atoms with Gasteiger partial charge in [0.1, 0.15) is 5.75 Å². The van der Waals surface area contributed by atoms with Crippen LogP contribution in [0, 0.1) is 0 Å². The Morgan fingerprint density at radius 3 is 2.71 bits per heavy atom. The van der Waals surface area contributed by atoms with Crippen LogP contribution in [-0.4, -0.2) is 7.11 Å². The molecule has 2 N–H and O–H groups in total. The highest BCUT2D eigenvalue weighted by molar-refractivity contribution is 8.01. The molecule has 2 aromatic rings. The Morgan fingerprint density at radius 2 is 2.12 bits per heavy atom. The van der Waals surface area contributed by atoms with E-state index < -0.39 is 0 Å². The van der Waals surface area contributed by atoms with Gasteiger partial charge in [0.05, 0.1) is 11.3 Å². The summed E-state index contributed by atoms with van der Waals surface area (Å²) in [6, 6.07) is 10.2. The Bertz CT molecular complexity index is 480. The number of hydrogen-bond acceptors (Lipinski definition) is 4. The minimum absolute atomic E-state index is 0.0337. The fraction of sp³-hybridized carbons (Fsp3) is 0.231. The second kappa shape index (κ2) is 5.58. The summed E-state index contributed by atoms with van der Waals surface area (Å²) in [6.45, 7) is 1.98. The van der Waals surface area contributed by atoms with E-state index in [1.165, 1.54) is 9.10 Å². The number of benzene rings is 1. The van der Waals surface area contributed by atoms with Crippen molar-refractivity contribution < 1.29 is 4.74 Å². The lowest BCUT2D eigenvalue weighted by Crippen LogP contribution is -2.08. The molecule has 1 aromatic heterocycles. The van der Waals surface area contributed by atoms with Crippen molar-refractivity contribution in [1.82, 2.24) is 0 Å². The molecule has 0 spiro atoms. The summed E-state index contributed by atoms with van der Waals surface area (Å²) in [5.41, 5.74) is 7.11. The van der Waals surface area contributed by atoms with Gasteiger partial charge in [0, 0.05) is 16.5 Å². The average molecular weight is 265 g/mol. The molecule has 0 aliphatic heterocycles. The topological polar surface area (TPSA) is 35.2 Å². The van der Waals surface area contributed by atoms with E-state index in [1.807, 2.05) is 19.1 Å². The zero-order chi connectivity index (χ0) is 12.3. The van der Waals surface area contributed by atoms with Gasteiger partial charge in [-0.1, -0.05) is 23.9 Å². The van der Waals surface area contributed by atoms with E-state index >= 15 is 0 Å². The highest BCUT2D eigenvalue weighted by Crippen LogP contribution is 2.39. The lowest BCUT2D eigenvalue weighted by molar-refractivity contribution is 0.405. The molecule has 2 nitrogen and oxygen atoms in total. The molecule has 90 valence electrons. The highest BCUT2D eigenvalue weighted by Gasteiger charge is 2.14. The summed E-state index contributed by atoms with van der Waals surface area (Å²) in [6.07, 6.45) is 0. The van der Waals surface area contributed by atoms with Crippen LogP contribution in [0.15, 0.2) is 44.8 Å². The Morgan fingerprint density at radius 1 is 1.29 bits per heavy atom. The minimum Gasteiger partial charge on any atom is -0.496 e. The van der Waals surface area contributed by atoms with E-state index in [0.717, 1.165) is 11.3 Å². The molecule has 0 bridgehead atoms. The first-order valence-electron chi connectivity index (χ1n) is 5.36. The van der Waals surface area contributed by atoms with Crippen LogP contribution in [-0.2, 0) is 0 Å². The summed E-state index contributed by atoms with van der Waals surface area (Å²) in [5, 5.41) is 2.08. The van der Waals surface area contributed by atoms with Crippen molar-refractivity contribution in [3.05, 3.63) is 41.3 Å². The van der Waals surface area contributed by atoms with Gasteiger partial charge in [0.2, 0.25) is 0 Å². The summed E-state index contributed by atoms with van der Waals surface area (Å²) >= 11 is 3.47. The Kier molecular flexibility index (Phi) is 4.10. The maximum Gasteiger partial charge on any atom is 0.124 e. The summed E-state index contributed by atoms with van der Waals surface area (Å²) < 4.78 is 6.64. The van der Waals surface area contributed by atoms with Crippen molar-refractivity contribution >= 4 is 23.1 Å². The van der Waals surface area contributed by atoms with Crippen LogP contribution >= 0.6 is 23.1 Å². The molecule has 0 saturated carbocycles. The lowest BCUT2D eigenvalue weighted by Gasteiger charge is -2.15. The van der Waals surface area contributed by atoms with E-state index in [-0.39, 0.29) is 6.04 Å². The van der Waals surface area contributed by atoms with Gasteiger partial charge < -0.3 is 10.5 Å². The Balaban J connectivity index is 2.39. The van der Waals surface area contributed by atoms with Crippen LogP contribution < -0.4 is 10.5 Å². The van der Waals surface area contributed by atoms with Crippen LogP contribution in [0.3, 0.4) is 0 Å². The standard InChI is InChI=1S/C13H15NOS2/c1-9(14)13-10(15-2)5-3-6-11(13)17-12-7-4-8-16-12/h3-9H,14H2,1-2H3/t9-/m1/s1. The average Bonchev–Trinajstić information content (AvgIpc) is 2.81. The smallest absolute Gasteiger partial charge is 0.124 e. The first-order chi connectivity index (χ1) is 8.22. The highest BCUT2D eigenvalue weighted by atomic mass is 32.2. The van der Waals surface area contributed by atoms with Gasteiger partial charge in [0.15, 0.2) is 0 Å². The fourth-order valence-corrected chi connectivity index (χ4v) is 3.65. The normalized spacial score (nSPS) is 12.4. The third kappa shape index (κ3) is 2.83. The molecule has 0 saturated heterocycles. The maximum atomic E-state index is 6.03. The molecule has 0 aliphatic rings. The SMILES string of the molecule is COc1cccc(Sc2cccs2)c1[C@@H](C)N. The summed E-state index contributed by atoms with van der Waals surface area (Å²) in [7, 11) is 1.68. The molecule has 0 fully saturated rings. The monoisotopic (exact) mass is 265 g/mol. The van der Waals surface area contributed by atoms with Crippen molar-refractivity contribution in [1.29, 1.82) is 0 Å². The van der Waals surface area contributed by atoms with Crippen LogP contribution in [0.2, 0.25) is 0 Å². The van der Waals surface area contributed by atoms with Gasteiger partial charge in [-0.05, 0) is 30.5 Å². The van der Waals surface area contributed by atoms with E-state index in [9.17, 15) is 0 Å². The van der Waals surface area contributed by atoms with Gasteiger partial charge in [-0.15, -0.1) is 11.3 Å².